The van der Waals surface area contributed by atoms with E-state index in [2.05, 4.69) is 69.6 Å². The van der Waals surface area contributed by atoms with Gasteiger partial charge >= 0.3 is 9.28 Å². The van der Waals surface area contributed by atoms with E-state index < -0.39 is 25.9 Å². The van der Waals surface area contributed by atoms with Crippen molar-refractivity contribution in [3.8, 4) is 0 Å². The van der Waals surface area contributed by atoms with Gasteiger partial charge in [-0.25, -0.2) is 0 Å². The second kappa shape index (κ2) is 6.29. The lowest BCUT2D eigenvalue weighted by Crippen LogP contribution is -2.44. The van der Waals surface area contributed by atoms with Crippen LogP contribution in [0.15, 0.2) is 30.3 Å². The lowest BCUT2D eigenvalue weighted by atomic mass is 10.2. The van der Waals surface area contributed by atoms with Gasteiger partial charge in [0, 0.05) is 6.04 Å². The van der Waals surface area contributed by atoms with E-state index in [0.717, 1.165) is 6.04 Å². The summed E-state index contributed by atoms with van der Waals surface area (Å²) in [7, 11) is -4.25. The number of hydrogen-bond donors (Lipinski definition) is 0. The van der Waals surface area contributed by atoms with E-state index in [1.807, 2.05) is 0 Å². The van der Waals surface area contributed by atoms with Gasteiger partial charge in [0.2, 0.25) is 0 Å². The maximum atomic E-state index is 6.27. The summed E-state index contributed by atoms with van der Waals surface area (Å²) in [5, 5.41) is 0. The lowest BCUT2D eigenvalue weighted by molar-refractivity contribution is 0.417. The van der Waals surface area contributed by atoms with Gasteiger partial charge in [0.25, 0.3) is 0 Å². The average molecular weight is 298 g/mol. The molecule has 101 valence electrons. The fourth-order valence-corrected chi connectivity index (χ4v) is 8.69. The lowest BCUT2D eigenvalue weighted by Gasteiger charge is -2.29. The Kier molecular flexibility index (Phi) is 5.54. The Labute approximate surface area is 115 Å². The summed E-state index contributed by atoms with van der Waals surface area (Å²) < 4.78 is 12.5. The SMILES string of the molecule is C[Si](C)(C)O[Si](Cc1ccccc1)O[Si](C)(C)C. The zero-order valence-electron chi connectivity index (χ0n) is 12.4. The van der Waals surface area contributed by atoms with E-state index in [1.165, 1.54) is 5.56 Å². The van der Waals surface area contributed by atoms with E-state index in [0.29, 0.717) is 0 Å². The van der Waals surface area contributed by atoms with Gasteiger partial charge < -0.3 is 8.23 Å². The van der Waals surface area contributed by atoms with Gasteiger partial charge in [0.1, 0.15) is 0 Å². The first-order valence-electron chi connectivity index (χ1n) is 6.43. The van der Waals surface area contributed by atoms with Crippen LogP contribution in [0.2, 0.25) is 39.3 Å². The maximum absolute atomic E-state index is 6.27. The summed E-state index contributed by atoms with van der Waals surface area (Å²) in [5.74, 6) is 0. The molecule has 1 radical (unpaired) electrons. The molecule has 5 heteroatoms. The number of hydrogen-bond acceptors (Lipinski definition) is 2. The molecular formula is C13H25O2Si3. The van der Waals surface area contributed by atoms with E-state index >= 15 is 0 Å². The minimum Gasteiger partial charge on any atom is -0.435 e. The van der Waals surface area contributed by atoms with Crippen LogP contribution in [0.1, 0.15) is 5.56 Å². The molecule has 0 bridgehead atoms. The fourth-order valence-electron chi connectivity index (χ4n) is 1.54. The van der Waals surface area contributed by atoms with Crippen LogP contribution in [0, 0.1) is 0 Å². The molecule has 1 aromatic rings. The summed E-state index contributed by atoms with van der Waals surface area (Å²) in [5.41, 5.74) is 1.32. The zero-order valence-corrected chi connectivity index (χ0v) is 15.4. The minimum atomic E-state index is -1.53. The van der Waals surface area contributed by atoms with Crippen LogP contribution in [-0.4, -0.2) is 25.9 Å². The van der Waals surface area contributed by atoms with Gasteiger partial charge in [-0.15, -0.1) is 0 Å². The molecule has 0 N–H and O–H groups in total. The second-order valence-electron chi connectivity index (χ2n) is 6.46. The Morgan fingerprint density at radius 1 is 0.833 bits per heavy atom. The predicted molar refractivity (Wildman–Crippen MR) is 84.8 cm³/mol. The van der Waals surface area contributed by atoms with E-state index in [1.54, 1.807) is 0 Å². The third-order valence-corrected chi connectivity index (χ3v) is 9.45. The molecule has 1 rings (SSSR count). The molecule has 1 aromatic carbocycles. The third-order valence-electron chi connectivity index (χ3n) is 2.03. The van der Waals surface area contributed by atoms with Crippen molar-refractivity contribution in [2.75, 3.05) is 0 Å². The van der Waals surface area contributed by atoms with Gasteiger partial charge in [-0.2, -0.15) is 0 Å². The molecule has 0 aliphatic carbocycles. The smallest absolute Gasteiger partial charge is 0.367 e. The van der Waals surface area contributed by atoms with E-state index in [-0.39, 0.29) is 0 Å². The molecule has 0 atom stereocenters. The highest BCUT2D eigenvalue weighted by Crippen LogP contribution is 2.15. The van der Waals surface area contributed by atoms with E-state index in [9.17, 15) is 0 Å². The van der Waals surface area contributed by atoms with Crippen molar-refractivity contribution < 1.29 is 8.23 Å². The van der Waals surface area contributed by atoms with Crippen LogP contribution in [0.3, 0.4) is 0 Å². The molecule has 18 heavy (non-hydrogen) atoms. The summed E-state index contributed by atoms with van der Waals surface area (Å²) in [6, 6.07) is 11.5. The van der Waals surface area contributed by atoms with Crippen LogP contribution < -0.4 is 0 Å². The first-order valence-corrected chi connectivity index (χ1v) is 14.8. The average Bonchev–Trinajstić information content (AvgIpc) is 2.13. The quantitative estimate of drug-likeness (QED) is 0.740. The van der Waals surface area contributed by atoms with Crippen LogP contribution >= 0.6 is 0 Å². The number of rotatable bonds is 6. The summed E-state index contributed by atoms with van der Waals surface area (Å²) in [6.45, 7) is 13.4. The van der Waals surface area contributed by atoms with Crippen molar-refractivity contribution in [1.29, 1.82) is 0 Å². The van der Waals surface area contributed by atoms with Gasteiger partial charge in [-0.3, -0.25) is 0 Å². The van der Waals surface area contributed by atoms with Crippen molar-refractivity contribution in [1.82, 2.24) is 0 Å². The molecule has 0 aromatic heterocycles. The fraction of sp³-hybridized carbons (Fsp3) is 0.538. The Hall–Kier alpha value is -0.209. The zero-order chi connectivity index (χ0) is 13.8. The first kappa shape index (κ1) is 15.8. The molecule has 0 fully saturated rings. The highest BCUT2D eigenvalue weighted by molar-refractivity contribution is 6.80. The molecule has 0 saturated carbocycles. The Balaban J connectivity index is 2.72. The van der Waals surface area contributed by atoms with Gasteiger partial charge in [-0.05, 0) is 44.8 Å². The minimum absolute atomic E-state index is 0.944. The normalized spacial score (nSPS) is 13.1. The second-order valence-corrected chi connectivity index (χ2v) is 17.6. The molecule has 0 aliphatic rings. The Bertz CT molecular complexity index is 339. The molecule has 0 heterocycles. The largest absolute Gasteiger partial charge is 0.435 e. The topological polar surface area (TPSA) is 18.5 Å². The van der Waals surface area contributed by atoms with Crippen molar-refractivity contribution in [2.24, 2.45) is 0 Å². The molecule has 2 nitrogen and oxygen atoms in total. The van der Waals surface area contributed by atoms with Crippen LogP contribution in [-0.2, 0) is 14.3 Å². The van der Waals surface area contributed by atoms with Gasteiger partial charge in [0.05, 0.1) is 0 Å². The van der Waals surface area contributed by atoms with Crippen molar-refractivity contribution >= 4 is 25.9 Å². The monoisotopic (exact) mass is 297 g/mol. The Morgan fingerprint density at radius 2 is 1.28 bits per heavy atom. The number of benzene rings is 1. The molecule has 0 amide bonds. The maximum Gasteiger partial charge on any atom is 0.367 e. The highest BCUT2D eigenvalue weighted by Gasteiger charge is 2.30. The van der Waals surface area contributed by atoms with Gasteiger partial charge in [0.15, 0.2) is 16.6 Å². The van der Waals surface area contributed by atoms with Gasteiger partial charge in [-0.1, -0.05) is 30.3 Å². The van der Waals surface area contributed by atoms with Crippen molar-refractivity contribution in [3.63, 3.8) is 0 Å². The standard InChI is InChI=1S/C13H25O2Si3/c1-17(2,3)14-16(15-18(4,5)6)12-13-10-8-7-9-11-13/h7-11H,12H2,1-6H3. The molecule has 0 spiro atoms. The van der Waals surface area contributed by atoms with Crippen LogP contribution in [0.5, 0.6) is 0 Å². The third kappa shape index (κ3) is 7.28. The summed E-state index contributed by atoms with van der Waals surface area (Å²) in [6.07, 6.45) is 0. The molecule has 0 unspecified atom stereocenters. The van der Waals surface area contributed by atoms with Crippen molar-refractivity contribution in [2.45, 2.75) is 45.3 Å². The first-order chi connectivity index (χ1) is 8.16. The van der Waals surface area contributed by atoms with Crippen LogP contribution in [0.4, 0.5) is 0 Å². The predicted octanol–water partition coefficient (Wildman–Crippen LogP) is 3.96. The summed E-state index contributed by atoms with van der Waals surface area (Å²) in [4.78, 5) is 0. The van der Waals surface area contributed by atoms with Crippen molar-refractivity contribution in [3.05, 3.63) is 35.9 Å². The molecule has 0 saturated heterocycles. The molecule has 0 aliphatic heterocycles. The van der Waals surface area contributed by atoms with E-state index in [4.69, 9.17) is 8.23 Å². The highest BCUT2D eigenvalue weighted by atomic mass is 28.4. The molecular weight excluding hydrogens is 272 g/mol. The van der Waals surface area contributed by atoms with Crippen LogP contribution in [0.25, 0.3) is 0 Å². The Morgan fingerprint density at radius 3 is 1.67 bits per heavy atom. The summed E-state index contributed by atoms with van der Waals surface area (Å²) >= 11 is 0.